The summed E-state index contributed by atoms with van der Waals surface area (Å²) in [6.45, 7) is 2.16. The number of ether oxygens (including phenoxy) is 2. The summed E-state index contributed by atoms with van der Waals surface area (Å²) in [5.41, 5.74) is 0.929. The third-order valence-corrected chi connectivity index (χ3v) is 5.92. The Hall–Kier alpha value is -4.12. The summed E-state index contributed by atoms with van der Waals surface area (Å²) < 4.78 is 34.4. The van der Waals surface area contributed by atoms with Gasteiger partial charge in [-0.15, -0.1) is 0 Å². The fourth-order valence-corrected chi connectivity index (χ4v) is 3.63. The second-order valence-corrected chi connectivity index (χ2v) is 9.68. The van der Waals surface area contributed by atoms with Crippen LogP contribution in [-0.4, -0.2) is 45.2 Å². The maximum Gasteiger partial charge on any atom is 0.293 e. The number of aryl methyl sites for hydroxylation is 1. The number of hydrogen-bond acceptors (Lipinski definition) is 8. The van der Waals surface area contributed by atoms with E-state index in [4.69, 9.17) is 9.47 Å². The van der Waals surface area contributed by atoms with Crippen LogP contribution in [0.1, 0.15) is 5.56 Å². The largest absolute Gasteiger partial charge is 0.484 e. The van der Waals surface area contributed by atoms with Gasteiger partial charge in [0.25, 0.3) is 11.6 Å². The summed E-state index contributed by atoms with van der Waals surface area (Å²) in [7, 11) is -3.57. The Morgan fingerprint density at radius 1 is 0.943 bits per heavy atom. The van der Waals surface area contributed by atoms with Gasteiger partial charge in [-0.05, 0) is 55.5 Å². The van der Waals surface area contributed by atoms with Crippen molar-refractivity contribution >= 4 is 27.1 Å². The van der Waals surface area contributed by atoms with E-state index in [2.05, 4.69) is 10.6 Å². The van der Waals surface area contributed by atoms with E-state index in [0.29, 0.717) is 17.2 Å². The quantitative estimate of drug-likeness (QED) is 0.231. The number of nitro benzene ring substituents is 1. The number of sulfone groups is 1. The number of nitro groups is 1. The van der Waals surface area contributed by atoms with Gasteiger partial charge >= 0.3 is 0 Å². The number of hydrogen-bond donors (Lipinski definition) is 2. The Bertz CT molecular complexity index is 1290. The summed E-state index contributed by atoms with van der Waals surface area (Å²) >= 11 is 0. The summed E-state index contributed by atoms with van der Waals surface area (Å²) in [5, 5.41) is 16.7. The van der Waals surface area contributed by atoms with Crippen molar-refractivity contribution in [3.05, 3.63) is 82.4 Å². The van der Waals surface area contributed by atoms with E-state index in [1.54, 1.807) is 24.3 Å². The lowest BCUT2D eigenvalue weighted by molar-refractivity contribution is -0.384. The molecule has 0 saturated carbocycles. The van der Waals surface area contributed by atoms with Gasteiger partial charge < -0.3 is 20.1 Å². The van der Waals surface area contributed by atoms with Crippen molar-refractivity contribution < 1.29 is 27.6 Å². The molecule has 0 unspecified atom stereocenters. The van der Waals surface area contributed by atoms with Gasteiger partial charge in [-0.3, -0.25) is 14.9 Å². The van der Waals surface area contributed by atoms with Crippen LogP contribution < -0.4 is 20.1 Å². The highest BCUT2D eigenvalue weighted by Crippen LogP contribution is 2.27. The zero-order valence-corrected chi connectivity index (χ0v) is 20.0. The molecule has 2 N–H and O–H groups in total. The Morgan fingerprint density at radius 2 is 1.54 bits per heavy atom. The SMILES string of the molecule is Cc1ccc(Oc2ccc(OCC(=O)NCCNc3ccc(S(C)(=O)=O)cc3[N+](=O)[O-])cc2)cc1. The summed E-state index contributed by atoms with van der Waals surface area (Å²) in [5.74, 6) is 1.48. The minimum absolute atomic E-state index is 0.144. The summed E-state index contributed by atoms with van der Waals surface area (Å²) in [4.78, 5) is 22.5. The molecule has 0 atom stereocenters. The van der Waals surface area contributed by atoms with Gasteiger partial charge in [-0.25, -0.2) is 8.42 Å². The molecule has 0 aliphatic heterocycles. The topological polar surface area (TPSA) is 137 Å². The molecule has 0 heterocycles. The van der Waals surface area contributed by atoms with Crippen molar-refractivity contribution in [1.29, 1.82) is 0 Å². The molecule has 0 aliphatic carbocycles. The van der Waals surface area contributed by atoms with Crippen LogP contribution in [0.5, 0.6) is 17.2 Å². The number of carbonyl (C=O) groups excluding carboxylic acids is 1. The first-order valence-electron chi connectivity index (χ1n) is 10.6. The zero-order valence-electron chi connectivity index (χ0n) is 19.2. The minimum Gasteiger partial charge on any atom is -0.484 e. The van der Waals surface area contributed by atoms with E-state index in [1.165, 1.54) is 12.1 Å². The second kappa shape index (κ2) is 11.3. The highest BCUT2D eigenvalue weighted by molar-refractivity contribution is 7.90. The molecule has 10 nitrogen and oxygen atoms in total. The molecule has 0 bridgehead atoms. The van der Waals surface area contributed by atoms with Gasteiger partial charge in [0, 0.05) is 25.4 Å². The number of nitrogens with one attached hydrogen (secondary N) is 2. The van der Waals surface area contributed by atoms with E-state index in [-0.39, 0.29) is 41.9 Å². The van der Waals surface area contributed by atoms with Crippen LogP contribution in [0.15, 0.2) is 71.6 Å². The van der Waals surface area contributed by atoms with Gasteiger partial charge in [0.1, 0.15) is 22.9 Å². The summed E-state index contributed by atoms with van der Waals surface area (Å²) in [6, 6.07) is 18.1. The lowest BCUT2D eigenvalue weighted by Crippen LogP contribution is -2.32. The lowest BCUT2D eigenvalue weighted by atomic mass is 10.2. The highest BCUT2D eigenvalue weighted by Gasteiger charge is 2.18. The molecule has 3 aromatic rings. The van der Waals surface area contributed by atoms with Crippen LogP contribution in [-0.2, 0) is 14.6 Å². The van der Waals surface area contributed by atoms with E-state index < -0.39 is 14.8 Å². The van der Waals surface area contributed by atoms with Crippen LogP contribution in [0.3, 0.4) is 0 Å². The molecule has 0 aromatic heterocycles. The Kier molecular flexibility index (Phi) is 8.26. The van der Waals surface area contributed by atoms with E-state index in [1.807, 2.05) is 31.2 Å². The standard InChI is InChI=1S/C24H25N3O7S/c1-17-3-5-19(6-4-17)34-20-9-7-18(8-10-20)33-16-24(28)26-14-13-25-22-12-11-21(35(2,31)32)15-23(22)27(29)30/h3-12,15,25H,13-14,16H2,1-2H3,(H,26,28). The van der Waals surface area contributed by atoms with Crippen molar-refractivity contribution in [2.45, 2.75) is 11.8 Å². The molecule has 0 fully saturated rings. The Balaban J connectivity index is 1.42. The van der Waals surface area contributed by atoms with Crippen LogP contribution in [0, 0.1) is 17.0 Å². The van der Waals surface area contributed by atoms with E-state index in [9.17, 15) is 23.3 Å². The molecule has 0 spiro atoms. The Morgan fingerprint density at radius 3 is 2.14 bits per heavy atom. The van der Waals surface area contributed by atoms with Crippen molar-refractivity contribution in [3.8, 4) is 17.2 Å². The fraction of sp³-hybridized carbons (Fsp3) is 0.208. The number of rotatable bonds is 11. The highest BCUT2D eigenvalue weighted by atomic mass is 32.2. The molecule has 3 rings (SSSR count). The number of amides is 1. The fourth-order valence-electron chi connectivity index (χ4n) is 2.99. The van der Waals surface area contributed by atoms with Crippen molar-refractivity contribution in [2.75, 3.05) is 31.3 Å². The maximum absolute atomic E-state index is 12.0. The van der Waals surface area contributed by atoms with Crippen LogP contribution in [0.4, 0.5) is 11.4 Å². The first-order valence-corrected chi connectivity index (χ1v) is 12.5. The zero-order chi connectivity index (χ0) is 25.4. The van der Waals surface area contributed by atoms with Crippen molar-refractivity contribution in [1.82, 2.24) is 5.32 Å². The number of nitrogens with zero attached hydrogens (tertiary/aromatic N) is 1. The van der Waals surface area contributed by atoms with E-state index in [0.717, 1.165) is 17.9 Å². The predicted molar refractivity (Wildman–Crippen MR) is 131 cm³/mol. The van der Waals surface area contributed by atoms with Gasteiger partial charge in [-0.2, -0.15) is 0 Å². The predicted octanol–water partition coefficient (Wildman–Crippen LogP) is 3.71. The molecule has 35 heavy (non-hydrogen) atoms. The van der Waals surface area contributed by atoms with E-state index >= 15 is 0 Å². The first kappa shape index (κ1) is 25.5. The third kappa shape index (κ3) is 7.71. The molecule has 0 aliphatic rings. The van der Waals surface area contributed by atoms with Gasteiger partial charge in [0.15, 0.2) is 16.4 Å². The van der Waals surface area contributed by atoms with Crippen LogP contribution >= 0.6 is 0 Å². The first-order chi connectivity index (χ1) is 16.6. The van der Waals surface area contributed by atoms with Crippen LogP contribution in [0.2, 0.25) is 0 Å². The maximum atomic E-state index is 12.0. The average molecular weight is 500 g/mol. The second-order valence-electron chi connectivity index (χ2n) is 7.66. The molecule has 184 valence electrons. The number of carbonyl (C=O) groups is 1. The molecule has 11 heteroatoms. The normalized spacial score (nSPS) is 10.9. The monoisotopic (exact) mass is 499 g/mol. The molecular formula is C24H25N3O7S. The molecule has 1 amide bonds. The number of anilines is 1. The average Bonchev–Trinajstić information content (AvgIpc) is 2.82. The Labute approximate surface area is 203 Å². The van der Waals surface area contributed by atoms with Crippen molar-refractivity contribution in [2.24, 2.45) is 0 Å². The smallest absolute Gasteiger partial charge is 0.293 e. The minimum atomic E-state index is -3.57. The van der Waals surface area contributed by atoms with Gasteiger partial charge in [0.2, 0.25) is 0 Å². The lowest BCUT2D eigenvalue weighted by Gasteiger charge is -2.11. The van der Waals surface area contributed by atoms with Crippen molar-refractivity contribution in [3.63, 3.8) is 0 Å². The molecule has 0 saturated heterocycles. The summed E-state index contributed by atoms with van der Waals surface area (Å²) in [6.07, 6.45) is 0.977. The molecule has 0 radical (unpaired) electrons. The number of benzene rings is 3. The third-order valence-electron chi connectivity index (χ3n) is 4.81. The van der Waals surface area contributed by atoms with Crippen LogP contribution in [0.25, 0.3) is 0 Å². The molecular weight excluding hydrogens is 474 g/mol. The van der Waals surface area contributed by atoms with Gasteiger partial charge in [-0.1, -0.05) is 17.7 Å². The van der Waals surface area contributed by atoms with Gasteiger partial charge in [0.05, 0.1) is 9.82 Å². The molecule has 3 aromatic carbocycles.